The van der Waals surface area contributed by atoms with E-state index < -0.39 is 0 Å². The van der Waals surface area contributed by atoms with Crippen LogP contribution in [0.1, 0.15) is 40.0 Å². The molecule has 2 amide bonds. The monoisotopic (exact) mass is 470 g/mol. The van der Waals surface area contributed by atoms with Crippen molar-refractivity contribution >= 4 is 29.3 Å². The highest BCUT2D eigenvalue weighted by molar-refractivity contribution is 7.99. The Morgan fingerprint density at radius 3 is 2.65 bits per heavy atom. The fourth-order valence-corrected chi connectivity index (χ4v) is 4.92. The molecule has 0 saturated carbocycles. The average Bonchev–Trinajstić information content (AvgIpc) is 3.31. The van der Waals surface area contributed by atoms with Crippen LogP contribution < -0.4 is 10.2 Å². The Balaban J connectivity index is 1.40. The third kappa shape index (κ3) is 4.32. The molecule has 0 atom stereocenters. The normalized spacial score (nSPS) is 12.6. The smallest absolute Gasteiger partial charge is 0.259 e. The maximum absolute atomic E-state index is 13.2. The van der Waals surface area contributed by atoms with E-state index in [1.807, 2.05) is 65.6 Å². The van der Waals surface area contributed by atoms with Crippen molar-refractivity contribution in [1.29, 1.82) is 0 Å². The lowest BCUT2D eigenvalue weighted by molar-refractivity contribution is 0.0944. The summed E-state index contributed by atoms with van der Waals surface area (Å²) in [6.45, 7) is 2.82. The first-order valence-corrected chi connectivity index (χ1v) is 11.8. The molecule has 1 N–H and O–H groups in total. The topological polar surface area (TPSA) is 88.3 Å². The second kappa shape index (κ2) is 9.52. The number of carbonyl (C=O) groups is 2. The first-order chi connectivity index (χ1) is 16.6. The molecule has 1 aliphatic heterocycles. The third-order valence-corrected chi connectivity index (χ3v) is 6.57. The Morgan fingerprint density at radius 2 is 1.82 bits per heavy atom. The van der Waals surface area contributed by atoms with Crippen LogP contribution in [0.3, 0.4) is 0 Å². The van der Waals surface area contributed by atoms with Crippen LogP contribution in [-0.4, -0.2) is 28.5 Å². The highest BCUT2D eigenvalue weighted by Crippen LogP contribution is 2.42. The van der Waals surface area contributed by atoms with Crippen LogP contribution >= 0.6 is 11.8 Å². The lowest BCUT2D eigenvalue weighted by Gasteiger charge is -2.22. The molecule has 0 bridgehead atoms. The van der Waals surface area contributed by atoms with Gasteiger partial charge in [-0.2, -0.15) is 4.98 Å². The summed E-state index contributed by atoms with van der Waals surface area (Å²) in [5, 5.41) is 6.89. The molecule has 0 unspecified atom stereocenters. The molecule has 4 aromatic rings. The van der Waals surface area contributed by atoms with Crippen molar-refractivity contribution < 1.29 is 14.1 Å². The molecule has 7 nitrogen and oxygen atoms in total. The van der Waals surface area contributed by atoms with Crippen molar-refractivity contribution in [2.24, 2.45) is 0 Å². The predicted octanol–water partition coefficient (Wildman–Crippen LogP) is 5.19. The number of hydrogen-bond donors (Lipinski definition) is 1. The summed E-state index contributed by atoms with van der Waals surface area (Å²) in [5.41, 5.74) is 2.92. The number of anilines is 1. The van der Waals surface area contributed by atoms with Gasteiger partial charge in [0.15, 0.2) is 0 Å². The summed E-state index contributed by atoms with van der Waals surface area (Å²) >= 11 is 1.56. The number of aromatic nitrogens is 2. The van der Waals surface area contributed by atoms with Gasteiger partial charge in [-0.15, -0.1) is 0 Å². The summed E-state index contributed by atoms with van der Waals surface area (Å²) in [6, 6.07) is 22.4. The largest absolute Gasteiger partial charge is 0.343 e. The maximum Gasteiger partial charge on any atom is 0.259 e. The molecule has 0 saturated heterocycles. The first-order valence-electron chi connectivity index (χ1n) is 11.0. The third-order valence-electron chi connectivity index (χ3n) is 5.44. The van der Waals surface area contributed by atoms with Crippen molar-refractivity contribution in [3.8, 4) is 11.4 Å². The predicted molar refractivity (Wildman–Crippen MR) is 130 cm³/mol. The maximum atomic E-state index is 13.2. The van der Waals surface area contributed by atoms with Crippen molar-refractivity contribution in [1.82, 2.24) is 15.5 Å². The van der Waals surface area contributed by atoms with Crippen LogP contribution in [-0.2, 0) is 6.54 Å². The van der Waals surface area contributed by atoms with Gasteiger partial charge in [-0.25, -0.2) is 0 Å². The van der Waals surface area contributed by atoms with Crippen molar-refractivity contribution in [2.75, 3.05) is 11.4 Å². The van der Waals surface area contributed by atoms with Gasteiger partial charge in [0.1, 0.15) is 0 Å². The summed E-state index contributed by atoms with van der Waals surface area (Å²) in [5.74, 6) is 0.543. The Hall–Kier alpha value is -3.91. The Bertz CT molecular complexity index is 1350. The number of hydrogen-bond acceptors (Lipinski definition) is 6. The van der Waals surface area contributed by atoms with Crippen LogP contribution in [0.2, 0.25) is 0 Å². The highest BCUT2D eigenvalue weighted by Gasteiger charge is 2.27. The lowest BCUT2D eigenvalue weighted by Crippen LogP contribution is -2.31. The van der Waals surface area contributed by atoms with E-state index >= 15 is 0 Å². The molecular formula is C26H22N4O3S. The van der Waals surface area contributed by atoms with Gasteiger partial charge < -0.3 is 14.7 Å². The van der Waals surface area contributed by atoms with Crippen LogP contribution in [0.15, 0.2) is 87.1 Å². The molecule has 0 fully saturated rings. The van der Waals surface area contributed by atoms with Crippen LogP contribution in [0.4, 0.5) is 5.69 Å². The van der Waals surface area contributed by atoms with E-state index in [9.17, 15) is 9.59 Å². The van der Waals surface area contributed by atoms with E-state index in [-0.39, 0.29) is 18.4 Å². The summed E-state index contributed by atoms with van der Waals surface area (Å²) in [4.78, 5) is 33.6. The molecule has 1 aliphatic rings. The minimum absolute atomic E-state index is 0.00690. The summed E-state index contributed by atoms with van der Waals surface area (Å²) < 4.78 is 5.36. The van der Waals surface area contributed by atoms with Gasteiger partial charge in [-0.05, 0) is 48.9 Å². The molecule has 34 heavy (non-hydrogen) atoms. The van der Waals surface area contributed by atoms with Gasteiger partial charge in [0, 0.05) is 27.5 Å². The Morgan fingerprint density at radius 1 is 1.03 bits per heavy atom. The van der Waals surface area contributed by atoms with E-state index in [1.54, 1.807) is 23.9 Å². The van der Waals surface area contributed by atoms with Crippen molar-refractivity contribution in [3.63, 3.8) is 0 Å². The van der Waals surface area contributed by atoms with E-state index in [2.05, 4.69) is 22.4 Å². The molecule has 0 aliphatic carbocycles. The van der Waals surface area contributed by atoms with Crippen molar-refractivity contribution in [2.45, 2.75) is 29.7 Å². The number of amides is 2. The first kappa shape index (κ1) is 21.9. The number of benzene rings is 3. The minimum atomic E-state index is -0.207. The Labute approximate surface area is 201 Å². The molecule has 1 aromatic heterocycles. The molecule has 0 radical (unpaired) electrons. The second-order valence-electron chi connectivity index (χ2n) is 7.80. The molecule has 170 valence electrons. The fourth-order valence-electron chi connectivity index (χ4n) is 3.80. The van der Waals surface area contributed by atoms with Gasteiger partial charge in [-0.3, -0.25) is 9.59 Å². The zero-order chi connectivity index (χ0) is 23.5. The number of fused-ring (bicyclic) bond motifs is 2. The van der Waals surface area contributed by atoms with Gasteiger partial charge in [-0.1, -0.05) is 54.2 Å². The van der Waals surface area contributed by atoms with E-state index in [1.165, 1.54) is 0 Å². The van der Waals surface area contributed by atoms with Crippen molar-refractivity contribution in [3.05, 3.63) is 89.8 Å². The van der Waals surface area contributed by atoms with Crippen LogP contribution in [0.5, 0.6) is 0 Å². The molecule has 0 spiro atoms. The molecule has 8 heteroatoms. The second-order valence-corrected chi connectivity index (χ2v) is 8.88. The Kier molecular flexibility index (Phi) is 6.14. The zero-order valence-corrected chi connectivity index (χ0v) is 19.3. The van der Waals surface area contributed by atoms with E-state index in [4.69, 9.17) is 4.52 Å². The van der Waals surface area contributed by atoms with Crippen LogP contribution in [0.25, 0.3) is 11.4 Å². The molecule has 5 rings (SSSR count). The number of nitrogens with one attached hydrogen (secondary N) is 1. The molecular weight excluding hydrogens is 448 g/mol. The summed E-state index contributed by atoms with van der Waals surface area (Å²) in [7, 11) is 0. The van der Waals surface area contributed by atoms with Crippen LogP contribution in [0, 0.1) is 0 Å². The van der Waals surface area contributed by atoms with E-state index in [0.29, 0.717) is 29.4 Å². The quantitative estimate of drug-likeness (QED) is 0.417. The van der Waals surface area contributed by atoms with Gasteiger partial charge in [0.05, 0.1) is 17.8 Å². The number of nitrogens with zero attached hydrogens (tertiary/aromatic N) is 3. The minimum Gasteiger partial charge on any atom is -0.343 e. The number of carbonyl (C=O) groups excluding carboxylic acids is 2. The van der Waals surface area contributed by atoms with E-state index in [0.717, 1.165) is 27.5 Å². The summed E-state index contributed by atoms with van der Waals surface area (Å²) in [6.07, 6.45) is 0.850. The lowest BCUT2D eigenvalue weighted by atomic mass is 10.1. The SMILES string of the molecule is CCCN1C(=O)c2ccccc2Sc2cc(-c3noc(CNC(=O)c4ccccc4)n3)ccc21. The molecule has 2 heterocycles. The van der Waals surface area contributed by atoms with Gasteiger partial charge >= 0.3 is 0 Å². The number of rotatable bonds is 6. The average molecular weight is 471 g/mol. The van der Waals surface area contributed by atoms with Gasteiger partial charge in [0.2, 0.25) is 11.7 Å². The fraction of sp³-hybridized carbons (Fsp3) is 0.154. The highest BCUT2D eigenvalue weighted by atomic mass is 32.2. The standard InChI is InChI=1S/C26H22N4O3S/c1-2-14-30-20-13-12-18(15-22(20)34-21-11-7-6-10-19(21)26(30)32)24-28-23(33-29-24)16-27-25(31)17-8-4-3-5-9-17/h3-13,15H,2,14,16H2,1H3,(H,27,31). The zero-order valence-electron chi connectivity index (χ0n) is 18.5. The van der Waals surface area contributed by atoms with Gasteiger partial charge in [0.25, 0.3) is 11.8 Å². The molecule has 3 aromatic carbocycles.